The zero-order valence-electron chi connectivity index (χ0n) is 54.2. The number of imidazole rings is 1. The fourth-order valence-electron chi connectivity index (χ4n) is 11.3. The maximum Gasteiger partial charge on any atom is 0.329 e. The van der Waals surface area contributed by atoms with Crippen LogP contribution >= 0.6 is 23.4 Å². The number of aromatic nitrogens is 4. The Hall–Kier alpha value is -6.08. The summed E-state index contributed by atoms with van der Waals surface area (Å²) in [4.78, 5) is 86.3. The number of carbonyl (C=O) groups excluding carboxylic acids is 5. The molecule has 3 aliphatic heterocycles. The lowest BCUT2D eigenvalue weighted by atomic mass is 10.0. The summed E-state index contributed by atoms with van der Waals surface area (Å²) in [5.41, 5.74) is 1.88. The Kier molecular flexibility index (Phi) is 34.4. The van der Waals surface area contributed by atoms with Crippen molar-refractivity contribution in [3.8, 4) is 11.5 Å². The number of carbonyl (C=O) groups is 5. The summed E-state index contributed by atoms with van der Waals surface area (Å²) < 4.78 is 58.9. The monoisotopic (exact) mass is 1340 g/mol. The molecule has 3 fully saturated rings. The molecular formula is C64H98ClN11O16S. The summed E-state index contributed by atoms with van der Waals surface area (Å²) in [6, 6.07) is 11.5. The minimum atomic E-state index is -0.288. The van der Waals surface area contributed by atoms with Crippen LogP contribution in [0.15, 0.2) is 41.2 Å². The van der Waals surface area contributed by atoms with Crippen molar-refractivity contribution in [2.45, 2.75) is 120 Å². The molecule has 0 radical (unpaired) electrons. The number of para-hydroxylation sites is 2. The number of urea groups is 1. The third-order valence-corrected chi connectivity index (χ3v) is 17.8. The van der Waals surface area contributed by atoms with Gasteiger partial charge >= 0.3 is 11.7 Å². The van der Waals surface area contributed by atoms with E-state index in [2.05, 4.69) is 46.8 Å². The van der Waals surface area contributed by atoms with E-state index in [1.165, 1.54) is 4.57 Å². The molecule has 0 saturated carbocycles. The predicted octanol–water partition coefficient (Wildman–Crippen LogP) is 4.70. The van der Waals surface area contributed by atoms with Crippen LogP contribution in [0.2, 0.25) is 5.28 Å². The Morgan fingerprint density at radius 3 is 1.57 bits per heavy atom. The molecule has 518 valence electrons. The number of ether oxygens (including phenoxy) is 10. The van der Waals surface area contributed by atoms with Gasteiger partial charge in [-0.2, -0.15) is 16.7 Å². The highest BCUT2D eigenvalue weighted by molar-refractivity contribution is 8.00. The standard InChI is InChI=1S/C64H98ClN11O16S/c1-83-53-43-48-49(44-54(53)84-2)70-62(65)73-61(48)74-25-19-47(20-26-74)76-52-14-8-7-13-51(52)75(64(76)82)45-59(80)69-24-28-86-30-32-88-34-36-90-38-40-92-42-41-91-39-37-89-35-33-87-31-29-85-27-23-68-58(79)17-6-4-12-21-66-56(77)16-5-3-11-22-67-57(78)18-10-9-15-55-60-50(46-93-55)71-63(81)72-60/h7-8,13-14,43-44,47,50,55,60H,3-6,9-12,15-42,45-46H2,1-2H3,(H,66,77)(H,67,78)(H,68,79)(H,69,80)(H2,71,72,81)/t50-,55-,60-/m0/s1. The average Bonchev–Trinajstić information content (AvgIpc) is 1.73. The van der Waals surface area contributed by atoms with Gasteiger partial charge in [-0.25, -0.2) is 14.6 Å². The molecule has 5 heterocycles. The highest BCUT2D eigenvalue weighted by Crippen LogP contribution is 2.38. The molecule has 29 heteroatoms. The van der Waals surface area contributed by atoms with Crippen molar-refractivity contribution >= 4 is 80.8 Å². The molecule has 2 aromatic carbocycles. The minimum Gasteiger partial charge on any atom is -0.493 e. The lowest BCUT2D eigenvalue weighted by Gasteiger charge is -2.34. The van der Waals surface area contributed by atoms with Gasteiger partial charge in [0.2, 0.25) is 28.9 Å². The molecule has 4 aromatic rings. The summed E-state index contributed by atoms with van der Waals surface area (Å²) in [6.07, 6.45) is 10.5. The second-order valence-electron chi connectivity index (χ2n) is 22.8. The van der Waals surface area contributed by atoms with E-state index >= 15 is 0 Å². The first-order valence-corrected chi connectivity index (χ1v) is 34.4. The van der Waals surface area contributed by atoms with Gasteiger partial charge < -0.3 is 84.2 Å². The number of thioether (sulfide) groups is 1. The molecule has 0 bridgehead atoms. The van der Waals surface area contributed by atoms with E-state index < -0.39 is 0 Å². The lowest BCUT2D eigenvalue weighted by Crippen LogP contribution is -2.39. The first-order valence-electron chi connectivity index (χ1n) is 32.9. The molecule has 6 amide bonds. The van der Waals surface area contributed by atoms with Gasteiger partial charge in [-0.05, 0) is 81.2 Å². The van der Waals surface area contributed by atoms with E-state index in [1.54, 1.807) is 20.3 Å². The van der Waals surface area contributed by atoms with Crippen molar-refractivity contribution in [1.82, 2.24) is 51.0 Å². The van der Waals surface area contributed by atoms with E-state index in [-0.39, 0.29) is 71.8 Å². The predicted molar refractivity (Wildman–Crippen MR) is 354 cm³/mol. The van der Waals surface area contributed by atoms with Crippen molar-refractivity contribution in [3.05, 3.63) is 52.2 Å². The number of nitrogens with one attached hydrogen (secondary N) is 6. The number of halogens is 1. The Morgan fingerprint density at radius 1 is 0.570 bits per heavy atom. The van der Waals surface area contributed by atoms with Gasteiger partial charge in [-0.3, -0.25) is 28.3 Å². The second-order valence-corrected chi connectivity index (χ2v) is 24.4. The fraction of sp³-hybridized carbons (Fsp3) is 0.688. The number of amides is 6. The van der Waals surface area contributed by atoms with Gasteiger partial charge in [0.05, 0.1) is 149 Å². The summed E-state index contributed by atoms with van der Waals surface area (Å²) in [5, 5.41) is 19.0. The highest BCUT2D eigenvalue weighted by Gasteiger charge is 2.42. The lowest BCUT2D eigenvalue weighted by molar-refractivity contribution is -0.122. The molecule has 3 saturated heterocycles. The van der Waals surface area contributed by atoms with Crippen molar-refractivity contribution in [3.63, 3.8) is 0 Å². The van der Waals surface area contributed by atoms with E-state index in [4.69, 9.17) is 59.0 Å². The Bertz CT molecular complexity index is 2960. The molecule has 27 nitrogen and oxygen atoms in total. The molecule has 6 N–H and O–H groups in total. The van der Waals surface area contributed by atoms with Gasteiger partial charge in [0.1, 0.15) is 12.4 Å². The number of unbranched alkanes of at least 4 members (excludes halogenated alkanes) is 5. The van der Waals surface area contributed by atoms with Crippen LogP contribution in [0, 0.1) is 0 Å². The topological polar surface area (TPSA) is 306 Å². The maximum absolute atomic E-state index is 14.0. The molecule has 3 atom stereocenters. The van der Waals surface area contributed by atoms with Crippen LogP contribution in [0.25, 0.3) is 21.9 Å². The largest absolute Gasteiger partial charge is 0.493 e. The smallest absolute Gasteiger partial charge is 0.329 e. The number of methoxy groups -OCH3 is 2. The number of fused-ring (bicyclic) bond motifs is 3. The number of rotatable bonds is 50. The minimum absolute atomic E-state index is 0.0163. The number of piperidine rings is 1. The second kappa shape index (κ2) is 43.1. The van der Waals surface area contributed by atoms with Crippen molar-refractivity contribution in [2.75, 3.05) is 170 Å². The average molecular weight is 1350 g/mol. The van der Waals surface area contributed by atoms with Crippen LogP contribution in [-0.4, -0.2) is 231 Å². The van der Waals surface area contributed by atoms with Gasteiger partial charge in [-0.1, -0.05) is 31.4 Å². The van der Waals surface area contributed by atoms with Gasteiger partial charge in [0.15, 0.2) is 11.5 Å². The fourth-order valence-corrected chi connectivity index (χ4v) is 13.0. The number of benzene rings is 2. The van der Waals surface area contributed by atoms with Gasteiger partial charge in [-0.15, -0.1) is 0 Å². The maximum atomic E-state index is 14.0. The van der Waals surface area contributed by atoms with E-state index in [9.17, 15) is 28.8 Å². The number of nitrogens with zero attached hydrogens (tertiary/aromatic N) is 5. The number of anilines is 1. The summed E-state index contributed by atoms with van der Waals surface area (Å²) in [5.74, 6) is 2.54. The molecule has 0 aliphatic carbocycles. The van der Waals surface area contributed by atoms with Crippen LogP contribution in [0.1, 0.15) is 95.9 Å². The molecule has 7 rings (SSSR count). The van der Waals surface area contributed by atoms with Gasteiger partial charge in [0, 0.05) is 87.0 Å². The molecule has 0 unspecified atom stereocenters. The zero-order chi connectivity index (χ0) is 65.7. The van der Waals surface area contributed by atoms with Crippen LogP contribution in [0.3, 0.4) is 0 Å². The van der Waals surface area contributed by atoms with Crippen LogP contribution in [0.4, 0.5) is 10.6 Å². The zero-order valence-corrected chi connectivity index (χ0v) is 55.8. The molecule has 93 heavy (non-hydrogen) atoms. The third kappa shape index (κ3) is 26.2. The number of hydrogen-bond donors (Lipinski definition) is 6. The van der Waals surface area contributed by atoms with E-state index in [0.29, 0.717) is 204 Å². The van der Waals surface area contributed by atoms with E-state index in [0.717, 1.165) is 74.4 Å². The summed E-state index contributed by atoms with van der Waals surface area (Å²) >= 11 is 8.27. The quantitative estimate of drug-likeness (QED) is 0.0198. The molecule has 2 aromatic heterocycles. The molecular weight excluding hydrogens is 1250 g/mol. The first kappa shape index (κ1) is 74.3. The van der Waals surface area contributed by atoms with Gasteiger partial charge in [0.25, 0.3) is 0 Å². The number of hydrogen-bond acceptors (Lipinski definition) is 20. The molecule has 3 aliphatic rings. The Balaban J connectivity index is 0.562. The van der Waals surface area contributed by atoms with Crippen LogP contribution in [-0.2, 0) is 63.6 Å². The normalized spacial score (nSPS) is 16.4. The van der Waals surface area contributed by atoms with Crippen LogP contribution < -0.4 is 52.0 Å². The SMILES string of the molecule is COc1cc2nc(Cl)nc(N3CCC(n4c(=O)n(CC(=O)NCCOCCOCCOCCOCCOCCOCCOCCOCCNC(=O)CCCCCNC(=O)CCCCCNC(=O)CCCC[C@@H]5SC[C@@H]6NC(=O)N[C@@H]65)c5ccccc54)CC3)c2cc1OC. The van der Waals surface area contributed by atoms with E-state index in [1.807, 2.05) is 46.7 Å². The van der Waals surface area contributed by atoms with Crippen molar-refractivity contribution in [1.29, 1.82) is 0 Å². The highest BCUT2D eigenvalue weighted by atomic mass is 35.5. The van der Waals surface area contributed by atoms with Crippen LogP contribution in [0.5, 0.6) is 11.5 Å². The Labute approximate surface area is 554 Å². The summed E-state index contributed by atoms with van der Waals surface area (Å²) in [6.45, 7) is 9.62. The van der Waals surface area contributed by atoms with Crippen molar-refractivity contribution < 1.29 is 71.3 Å². The van der Waals surface area contributed by atoms with Crippen molar-refractivity contribution in [2.24, 2.45) is 0 Å². The summed E-state index contributed by atoms with van der Waals surface area (Å²) in [7, 11) is 3.15. The Morgan fingerprint density at radius 2 is 1.04 bits per heavy atom. The third-order valence-electron chi connectivity index (χ3n) is 16.1. The molecule has 0 spiro atoms. The first-order chi connectivity index (χ1) is 45.5.